The molecule has 142 valence electrons. The Hall–Kier alpha value is -2.96. The second-order valence-electron chi connectivity index (χ2n) is 5.97. The van der Waals surface area contributed by atoms with Gasteiger partial charge in [0.25, 0.3) is 0 Å². The molecule has 1 aliphatic rings. The van der Waals surface area contributed by atoms with E-state index in [4.69, 9.17) is 9.47 Å². The molecule has 0 aliphatic carbocycles. The number of nitrogens with one attached hydrogen (secondary N) is 1. The predicted molar refractivity (Wildman–Crippen MR) is 94.6 cm³/mol. The number of alkyl halides is 3. The highest BCUT2D eigenvalue weighted by molar-refractivity contribution is 5.91. The van der Waals surface area contributed by atoms with Crippen LogP contribution < -0.4 is 14.8 Å². The summed E-state index contributed by atoms with van der Waals surface area (Å²) in [5, 5.41) is 2.74. The summed E-state index contributed by atoms with van der Waals surface area (Å²) in [5.74, 6) is 1.10. The fourth-order valence-corrected chi connectivity index (χ4v) is 2.59. The third-order valence-corrected chi connectivity index (χ3v) is 3.98. The molecule has 0 radical (unpaired) electrons. The zero-order valence-electron chi connectivity index (χ0n) is 14.4. The molecule has 0 spiro atoms. The highest BCUT2D eigenvalue weighted by Crippen LogP contribution is 2.31. The smallest absolute Gasteiger partial charge is 0.416 e. The predicted octanol–water partition coefficient (Wildman–Crippen LogP) is 3.85. The quantitative estimate of drug-likeness (QED) is 0.806. The van der Waals surface area contributed by atoms with E-state index in [0.717, 1.165) is 17.7 Å². The molecule has 1 N–H and O–H groups in total. The summed E-state index contributed by atoms with van der Waals surface area (Å²) in [6.07, 6.45) is -0.976. The minimum absolute atomic E-state index is 0.313. The number of carbonyl (C=O) groups excluding carboxylic acids is 1. The molecule has 0 fully saturated rings. The second-order valence-corrected chi connectivity index (χ2v) is 5.97. The van der Waals surface area contributed by atoms with Crippen LogP contribution in [0.5, 0.6) is 11.5 Å². The second kappa shape index (κ2) is 8.16. The first-order valence-corrected chi connectivity index (χ1v) is 8.43. The van der Waals surface area contributed by atoms with Crippen molar-refractivity contribution >= 4 is 12.0 Å². The lowest BCUT2D eigenvalue weighted by atomic mass is 10.1. The molecule has 1 aliphatic heterocycles. The maximum atomic E-state index is 12.5. The molecular formula is C20H18F3NO3. The minimum atomic E-state index is -4.37. The van der Waals surface area contributed by atoms with E-state index in [9.17, 15) is 18.0 Å². The van der Waals surface area contributed by atoms with E-state index in [2.05, 4.69) is 5.32 Å². The SMILES string of the molecule is O=C(C=Cc1ccc(C(F)(F)F)cc1)NCCc1ccc2c(c1)OCCO2. The van der Waals surface area contributed by atoms with E-state index in [1.807, 2.05) is 18.2 Å². The first kappa shape index (κ1) is 18.8. The lowest BCUT2D eigenvalue weighted by Gasteiger charge is -2.18. The topological polar surface area (TPSA) is 47.6 Å². The Morgan fingerprint density at radius 1 is 1.04 bits per heavy atom. The number of halogens is 3. The average molecular weight is 377 g/mol. The molecule has 2 aromatic carbocycles. The Labute approximate surface area is 154 Å². The maximum absolute atomic E-state index is 12.5. The van der Waals surface area contributed by atoms with E-state index in [1.165, 1.54) is 24.3 Å². The van der Waals surface area contributed by atoms with Crippen molar-refractivity contribution in [3.05, 3.63) is 65.2 Å². The van der Waals surface area contributed by atoms with Gasteiger partial charge in [0.2, 0.25) is 5.91 Å². The van der Waals surface area contributed by atoms with Crippen LogP contribution in [-0.2, 0) is 17.4 Å². The van der Waals surface area contributed by atoms with E-state index >= 15 is 0 Å². The normalized spacial score (nSPS) is 13.6. The van der Waals surface area contributed by atoms with E-state index in [0.29, 0.717) is 43.2 Å². The molecule has 0 bridgehead atoms. The molecule has 0 aromatic heterocycles. The van der Waals surface area contributed by atoms with Crippen LogP contribution in [0.15, 0.2) is 48.5 Å². The molecule has 4 nitrogen and oxygen atoms in total. The molecule has 0 saturated carbocycles. The number of ether oxygens (including phenoxy) is 2. The van der Waals surface area contributed by atoms with Gasteiger partial charge in [0.1, 0.15) is 13.2 Å². The monoisotopic (exact) mass is 377 g/mol. The largest absolute Gasteiger partial charge is 0.486 e. The van der Waals surface area contributed by atoms with E-state index in [1.54, 1.807) is 0 Å². The van der Waals surface area contributed by atoms with Gasteiger partial charge in [-0.05, 0) is 47.9 Å². The Bertz CT molecular complexity index is 829. The molecule has 3 rings (SSSR count). The van der Waals surface area contributed by atoms with Crippen LogP contribution in [0.3, 0.4) is 0 Å². The number of amides is 1. The zero-order valence-corrected chi connectivity index (χ0v) is 14.4. The van der Waals surface area contributed by atoms with Gasteiger partial charge < -0.3 is 14.8 Å². The molecule has 27 heavy (non-hydrogen) atoms. The third kappa shape index (κ3) is 5.26. The Morgan fingerprint density at radius 2 is 1.74 bits per heavy atom. The fourth-order valence-electron chi connectivity index (χ4n) is 2.59. The number of carbonyl (C=O) groups is 1. The van der Waals surface area contributed by atoms with Crippen molar-refractivity contribution < 1.29 is 27.4 Å². The summed E-state index contributed by atoms with van der Waals surface area (Å²) in [4.78, 5) is 11.8. The maximum Gasteiger partial charge on any atom is 0.416 e. The summed E-state index contributed by atoms with van der Waals surface area (Å²) < 4.78 is 48.5. The van der Waals surface area contributed by atoms with E-state index < -0.39 is 11.7 Å². The van der Waals surface area contributed by atoms with Crippen LogP contribution in [0.25, 0.3) is 6.08 Å². The van der Waals surface area contributed by atoms with Gasteiger partial charge in [0.05, 0.1) is 5.56 Å². The number of rotatable bonds is 5. The minimum Gasteiger partial charge on any atom is -0.486 e. The van der Waals surface area contributed by atoms with Crippen molar-refractivity contribution in [2.75, 3.05) is 19.8 Å². The first-order chi connectivity index (χ1) is 12.9. The van der Waals surface area contributed by atoms with Gasteiger partial charge in [-0.2, -0.15) is 13.2 Å². The van der Waals surface area contributed by atoms with Crippen LogP contribution in [0.2, 0.25) is 0 Å². The van der Waals surface area contributed by atoms with Crippen molar-refractivity contribution in [1.29, 1.82) is 0 Å². The molecule has 2 aromatic rings. The summed E-state index contributed by atoms with van der Waals surface area (Å²) in [5.41, 5.74) is 0.805. The van der Waals surface area contributed by atoms with Gasteiger partial charge in [-0.15, -0.1) is 0 Å². The Balaban J connectivity index is 1.47. The van der Waals surface area contributed by atoms with Crippen molar-refractivity contribution in [2.24, 2.45) is 0 Å². The molecule has 0 saturated heterocycles. The van der Waals surface area contributed by atoms with Gasteiger partial charge in [0.15, 0.2) is 11.5 Å². The van der Waals surface area contributed by atoms with Gasteiger partial charge in [0, 0.05) is 12.6 Å². The molecular weight excluding hydrogens is 359 g/mol. The lowest BCUT2D eigenvalue weighted by molar-refractivity contribution is -0.137. The Morgan fingerprint density at radius 3 is 2.44 bits per heavy atom. The van der Waals surface area contributed by atoms with Gasteiger partial charge in [-0.25, -0.2) is 0 Å². The zero-order chi connectivity index (χ0) is 19.3. The summed E-state index contributed by atoms with van der Waals surface area (Å²) in [6, 6.07) is 10.3. The van der Waals surface area contributed by atoms with Crippen molar-refractivity contribution in [3.63, 3.8) is 0 Å². The van der Waals surface area contributed by atoms with Crippen molar-refractivity contribution in [3.8, 4) is 11.5 Å². The lowest BCUT2D eigenvalue weighted by Crippen LogP contribution is -2.23. The number of benzene rings is 2. The highest BCUT2D eigenvalue weighted by Gasteiger charge is 2.29. The molecule has 7 heteroatoms. The van der Waals surface area contributed by atoms with Crippen LogP contribution >= 0.6 is 0 Å². The van der Waals surface area contributed by atoms with Crippen LogP contribution in [-0.4, -0.2) is 25.7 Å². The average Bonchev–Trinajstić information content (AvgIpc) is 2.66. The van der Waals surface area contributed by atoms with Crippen molar-refractivity contribution in [1.82, 2.24) is 5.32 Å². The summed E-state index contributed by atoms with van der Waals surface area (Å²) in [6.45, 7) is 1.48. The van der Waals surface area contributed by atoms with Gasteiger partial charge >= 0.3 is 6.18 Å². The van der Waals surface area contributed by atoms with Crippen LogP contribution in [0.1, 0.15) is 16.7 Å². The first-order valence-electron chi connectivity index (χ1n) is 8.43. The van der Waals surface area contributed by atoms with E-state index in [-0.39, 0.29) is 5.91 Å². The summed E-state index contributed by atoms with van der Waals surface area (Å²) in [7, 11) is 0. The highest BCUT2D eigenvalue weighted by atomic mass is 19.4. The molecule has 0 atom stereocenters. The molecule has 1 amide bonds. The summed E-state index contributed by atoms with van der Waals surface area (Å²) >= 11 is 0. The van der Waals surface area contributed by atoms with Crippen molar-refractivity contribution in [2.45, 2.75) is 12.6 Å². The van der Waals surface area contributed by atoms with Crippen LogP contribution in [0.4, 0.5) is 13.2 Å². The molecule has 1 heterocycles. The van der Waals surface area contributed by atoms with Crippen LogP contribution in [0, 0.1) is 0 Å². The van der Waals surface area contributed by atoms with Gasteiger partial charge in [-0.1, -0.05) is 18.2 Å². The number of hydrogen-bond acceptors (Lipinski definition) is 3. The number of fused-ring (bicyclic) bond motifs is 1. The molecule has 0 unspecified atom stereocenters. The Kier molecular flexibility index (Phi) is 5.69. The third-order valence-electron chi connectivity index (χ3n) is 3.98. The van der Waals surface area contributed by atoms with Gasteiger partial charge in [-0.3, -0.25) is 4.79 Å². The number of hydrogen-bond donors (Lipinski definition) is 1. The fraction of sp³-hybridized carbons (Fsp3) is 0.250. The standard InChI is InChI=1S/C20H18F3NO3/c21-20(22,23)16-5-1-14(2-6-16)4-8-19(25)24-10-9-15-3-7-17-18(13-15)27-12-11-26-17/h1-8,13H,9-12H2,(H,24,25).